The second kappa shape index (κ2) is 9.27. The lowest BCUT2D eigenvalue weighted by molar-refractivity contribution is -0.120. The second-order valence-electron chi connectivity index (χ2n) is 6.06. The Kier molecular flexibility index (Phi) is 6.54. The SMILES string of the molecule is O=C(Cc1ccc(OC(F)F)cc1)NCc1cccnc1N1CCOCC1. The molecule has 1 aromatic heterocycles. The van der Waals surface area contributed by atoms with Crippen molar-refractivity contribution in [3.05, 3.63) is 53.7 Å². The fourth-order valence-electron chi connectivity index (χ4n) is 2.86. The summed E-state index contributed by atoms with van der Waals surface area (Å²) in [5, 5.41) is 2.89. The van der Waals surface area contributed by atoms with Crippen LogP contribution in [0.15, 0.2) is 42.6 Å². The Labute approximate surface area is 156 Å². The maximum absolute atomic E-state index is 12.2. The van der Waals surface area contributed by atoms with Crippen LogP contribution in [0.5, 0.6) is 5.75 Å². The summed E-state index contributed by atoms with van der Waals surface area (Å²) in [4.78, 5) is 18.8. The minimum Gasteiger partial charge on any atom is -0.435 e. The molecule has 0 aliphatic carbocycles. The number of pyridine rings is 1. The molecule has 0 atom stereocenters. The number of rotatable bonds is 7. The highest BCUT2D eigenvalue weighted by atomic mass is 19.3. The van der Waals surface area contributed by atoms with E-state index in [1.807, 2.05) is 12.1 Å². The molecule has 27 heavy (non-hydrogen) atoms. The standard InChI is InChI=1S/C19H21F2N3O3/c20-19(21)27-16-5-3-14(4-6-16)12-17(25)23-13-15-2-1-7-22-18(15)24-8-10-26-11-9-24/h1-7,19H,8-13H2,(H,23,25). The fraction of sp³-hybridized carbons (Fsp3) is 0.368. The van der Waals surface area contributed by atoms with Crippen LogP contribution in [0.4, 0.5) is 14.6 Å². The van der Waals surface area contributed by atoms with Crippen LogP contribution in [-0.2, 0) is 22.5 Å². The fourth-order valence-corrected chi connectivity index (χ4v) is 2.86. The summed E-state index contributed by atoms with van der Waals surface area (Å²) in [7, 11) is 0. The quantitative estimate of drug-likeness (QED) is 0.803. The number of amides is 1. The van der Waals surface area contributed by atoms with Gasteiger partial charge in [0.05, 0.1) is 19.6 Å². The van der Waals surface area contributed by atoms with E-state index in [-0.39, 0.29) is 18.1 Å². The summed E-state index contributed by atoms with van der Waals surface area (Å²) in [5.74, 6) is 0.767. The molecule has 2 aromatic rings. The van der Waals surface area contributed by atoms with E-state index in [2.05, 4.69) is 19.9 Å². The molecule has 0 bridgehead atoms. The van der Waals surface area contributed by atoms with Crippen LogP contribution in [0.2, 0.25) is 0 Å². The molecular weight excluding hydrogens is 356 g/mol. The van der Waals surface area contributed by atoms with Gasteiger partial charge in [-0.25, -0.2) is 4.98 Å². The van der Waals surface area contributed by atoms with Gasteiger partial charge in [0.1, 0.15) is 11.6 Å². The predicted molar refractivity (Wildman–Crippen MR) is 95.9 cm³/mol. The number of carbonyl (C=O) groups excluding carboxylic acids is 1. The number of nitrogens with zero attached hydrogens (tertiary/aromatic N) is 2. The smallest absolute Gasteiger partial charge is 0.387 e. The largest absolute Gasteiger partial charge is 0.435 e. The van der Waals surface area contributed by atoms with E-state index in [1.54, 1.807) is 18.3 Å². The Morgan fingerprint density at radius 1 is 1.22 bits per heavy atom. The number of benzene rings is 1. The highest BCUT2D eigenvalue weighted by Gasteiger charge is 2.16. The Morgan fingerprint density at radius 3 is 2.67 bits per heavy atom. The van der Waals surface area contributed by atoms with Crippen molar-refractivity contribution in [3.8, 4) is 5.75 Å². The molecule has 1 aromatic carbocycles. The van der Waals surface area contributed by atoms with E-state index >= 15 is 0 Å². The lowest BCUT2D eigenvalue weighted by Gasteiger charge is -2.29. The van der Waals surface area contributed by atoms with Crippen molar-refractivity contribution in [2.45, 2.75) is 19.6 Å². The van der Waals surface area contributed by atoms with Gasteiger partial charge in [-0.05, 0) is 23.8 Å². The molecule has 0 spiro atoms. The van der Waals surface area contributed by atoms with Gasteiger partial charge in [-0.3, -0.25) is 4.79 Å². The Bertz CT molecular complexity index is 750. The van der Waals surface area contributed by atoms with Crippen LogP contribution in [-0.4, -0.2) is 43.8 Å². The van der Waals surface area contributed by atoms with Crippen molar-refractivity contribution in [2.75, 3.05) is 31.2 Å². The minimum absolute atomic E-state index is 0.0691. The van der Waals surface area contributed by atoms with Gasteiger partial charge in [-0.15, -0.1) is 0 Å². The Balaban J connectivity index is 1.55. The third kappa shape index (κ3) is 5.62. The second-order valence-corrected chi connectivity index (χ2v) is 6.06. The third-order valence-electron chi connectivity index (χ3n) is 4.17. The molecular formula is C19H21F2N3O3. The molecule has 3 rings (SSSR count). The van der Waals surface area contributed by atoms with Gasteiger partial charge < -0.3 is 19.7 Å². The van der Waals surface area contributed by atoms with Crippen LogP contribution in [0.3, 0.4) is 0 Å². The molecule has 6 nitrogen and oxygen atoms in total. The highest BCUT2D eigenvalue weighted by molar-refractivity contribution is 5.78. The lowest BCUT2D eigenvalue weighted by Crippen LogP contribution is -2.38. The molecule has 1 saturated heterocycles. The van der Waals surface area contributed by atoms with Crippen molar-refractivity contribution in [1.82, 2.24) is 10.3 Å². The van der Waals surface area contributed by atoms with Crippen LogP contribution in [0.1, 0.15) is 11.1 Å². The van der Waals surface area contributed by atoms with Crippen molar-refractivity contribution < 1.29 is 23.0 Å². The number of hydrogen-bond donors (Lipinski definition) is 1. The van der Waals surface area contributed by atoms with E-state index in [0.29, 0.717) is 25.3 Å². The third-order valence-corrected chi connectivity index (χ3v) is 4.17. The summed E-state index contributed by atoms with van der Waals surface area (Å²) < 4.78 is 34.0. The summed E-state index contributed by atoms with van der Waals surface area (Å²) >= 11 is 0. The predicted octanol–water partition coefficient (Wildman–Crippen LogP) is 2.38. The normalized spacial score (nSPS) is 14.3. The van der Waals surface area contributed by atoms with E-state index in [0.717, 1.165) is 24.5 Å². The number of nitrogens with one attached hydrogen (secondary N) is 1. The molecule has 8 heteroatoms. The molecule has 1 amide bonds. The summed E-state index contributed by atoms with van der Waals surface area (Å²) in [6.45, 7) is 0.364. The van der Waals surface area contributed by atoms with Crippen LogP contribution in [0, 0.1) is 0 Å². The van der Waals surface area contributed by atoms with Gasteiger partial charge in [0.15, 0.2) is 0 Å². The number of carbonyl (C=O) groups is 1. The zero-order valence-corrected chi connectivity index (χ0v) is 14.7. The van der Waals surface area contributed by atoms with E-state index in [4.69, 9.17) is 4.74 Å². The number of anilines is 1. The summed E-state index contributed by atoms with van der Waals surface area (Å²) in [5.41, 5.74) is 1.65. The van der Waals surface area contributed by atoms with Crippen LogP contribution < -0.4 is 15.0 Å². The molecule has 144 valence electrons. The van der Waals surface area contributed by atoms with E-state index < -0.39 is 6.61 Å². The number of hydrogen-bond acceptors (Lipinski definition) is 5. The maximum Gasteiger partial charge on any atom is 0.387 e. The van der Waals surface area contributed by atoms with Crippen molar-refractivity contribution in [1.29, 1.82) is 0 Å². The molecule has 1 aliphatic rings. The molecule has 0 radical (unpaired) electrons. The number of ether oxygens (including phenoxy) is 2. The Morgan fingerprint density at radius 2 is 1.96 bits per heavy atom. The van der Waals surface area contributed by atoms with Gasteiger partial charge in [0.2, 0.25) is 5.91 Å². The molecule has 0 saturated carbocycles. The van der Waals surface area contributed by atoms with Crippen LogP contribution >= 0.6 is 0 Å². The zero-order valence-electron chi connectivity index (χ0n) is 14.7. The number of aromatic nitrogens is 1. The topological polar surface area (TPSA) is 63.7 Å². The van der Waals surface area contributed by atoms with E-state index in [9.17, 15) is 13.6 Å². The lowest BCUT2D eigenvalue weighted by atomic mass is 10.1. The van der Waals surface area contributed by atoms with Gasteiger partial charge in [0.25, 0.3) is 0 Å². The van der Waals surface area contributed by atoms with Gasteiger partial charge in [-0.2, -0.15) is 8.78 Å². The van der Waals surface area contributed by atoms with Gasteiger partial charge >= 0.3 is 6.61 Å². The summed E-state index contributed by atoms with van der Waals surface area (Å²) in [6, 6.07) is 9.82. The zero-order chi connectivity index (χ0) is 19.1. The first-order valence-corrected chi connectivity index (χ1v) is 8.69. The molecule has 1 N–H and O–H groups in total. The number of halogens is 2. The minimum atomic E-state index is -2.86. The number of alkyl halides is 2. The number of morpholine rings is 1. The molecule has 0 unspecified atom stereocenters. The first kappa shape index (κ1) is 19.0. The van der Waals surface area contributed by atoms with Crippen molar-refractivity contribution >= 4 is 11.7 Å². The van der Waals surface area contributed by atoms with Gasteiger partial charge in [-0.1, -0.05) is 18.2 Å². The summed E-state index contributed by atoms with van der Waals surface area (Å²) in [6.07, 6.45) is 1.89. The monoisotopic (exact) mass is 377 g/mol. The molecule has 1 aliphatic heterocycles. The van der Waals surface area contributed by atoms with Crippen molar-refractivity contribution in [3.63, 3.8) is 0 Å². The average Bonchev–Trinajstić information content (AvgIpc) is 2.68. The Hall–Kier alpha value is -2.74. The first-order chi connectivity index (χ1) is 13.1. The van der Waals surface area contributed by atoms with Crippen molar-refractivity contribution in [2.24, 2.45) is 0 Å². The van der Waals surface area contributed by atoms with Crippen LogP contribution in [0.25, 0.3) is 0 Å². The first-order valence-electron chi connectivity index (χ1n) is 8.69. The highest BCUT2D eigenvalue weighted by Crippen LogP contribution is 2.18. The maximum atomic E-state index is 12.2. The molecule has 1 fully saturated rings. The van der Waals surface area contributed by atoms with Gasteiger partial charge in [0, 0.05) is 31.4 Å². The van der Waals surface area contributed by atoms with E-state index in [1.165, 1.54) is 12.1 Å². The molecule has 2 heterocycles. The average molecular weight is 377 g/mol.